The maximum Gasteiger partial charge on any atom is 0.312 e. The van der Waals surface area contributed by atoms with Crippen molar-refractivity contribution in [1.29, 1.82) is 0 Å². The molecule has 21 heavy (non-hydrogen) atoms. The fourth-order valence-corrected chi connectivity index (χ4v) is 2.64. The molecule has 0 aliphatic carbocycles. The smallest absolute Gasteiger partial charge is 0.312 e. The molecule has 1 heterocycles. The Bertz CT molecular complexity index is 476. The Morgan fingerprint density at radius 2 is 2.05 bits per heavy atom. The van der Waals surface area contributed by atoms with Crippen LogP contribution in [0.1, 0.15) is 24.8 Å². The molecule has 1 aromatic carbocycles. The molecular weight excluding hydrogens is 268 g/mol. The highest BCUT2D eigenvalue weighted by molar-refractivity contribution is 6.35. The number of aliphatic hydroxyl groups is 1. The molecule has 1 atom stereocenters. The SMILES string of the molecule is O=C(NCCCc1ccccc1)C(=O)N1CCC[C@@H]1CO. The molecule has 5 nitrogen and oxygen atoms in total. The van der Waals surface area contributed by atoms with Crippen molar-refractivity contribution in [3.63, 3.8) is 0 Å². The van der Waals surface area contributed by atoms with E-state index in [1.165, 1.54) is 10.5 Å². The number of aliphatic hydroxyl groups excluding tert-OH is 1. The second-order valence-corrected chi connectivity index (χ2v) is 5.32. The van der Waals surface area contributed by atoms with Crippen LogP contribution in [0.4, 0.5) is 0 Å². The lowest BCUT2D eigenvalue weighted by molar-refractivity contribution is -0.146. The molecule has 1 fully saturated rings. The average molecular weight is 290 g/mol. The first-order chi connectivity index (χ1) is 10.2. The van der Waals surface area contributed by atoms with Gasteiger partial charge in [0.25, 0.3) is 0 Å². The minimum atomic E-state index is -0.566. The van der Waals surface area contributed by atoms with Crippen molar-refractivity contribution in [3.8, 4) is 0 Å². The van der Waals surface area contributed by atoms with Gasteiger partial charge in [-0.05, 0) is 31.2 Å². The van der Waals surface area contributed by atoms with E-state index in [0.717, 1.165) is 25.7 Å². The summed E-state index contributed by atoms with van der Waals surface area (Å²) in [5.74, 6) is -1.09. The maximum absolute atomic E-state index is 12.0. The van der Waals surface area contributed by atoms with Crippen LogP contribution in [0.2, 0.25) is 0 Å². The first-order valence-corrected chi connectivity index (χ1v) is 7.46. The Balaban J connectivity index is 1.70. The molecule has 2 N–H and O–H groups in total. The fraction of sp³-hybridized carbons (Fsp3) is 0.500. The Labute approximate surface area is 125 Å². The molecule has 2 rings (SSSR count). The molecule has 114 valence electrons. The van der Waals surface area contributed by atoms with Gasteiger partial charge in [-0.25, -0.2) is 0 Å². The largest absolute Gasteiger partial charge is 0.394 e. The molecule has 0 unspecified atom stereocenters. The molecule has 0 aromatic heterocycles. The van der Waals surface area contributed by atoms with E-state index in [0.29, 0.717) is 13.1 Å². The van der Waals surface area contributed by atoms with Gasteiger partial charge in [-0.2, -0.15) is 0 Å². The minimum Gasteiger partial charge on any atom is -0.394 e. The number of carbonyl (C=O) groups is 2. The Hall–Kier alpha value is -1.88. The topological polar surface area (TPSA) is 69.6 Å². The van der Waals surface area contributed by atoms with Crippen LogP contribution in [0.25, 0.3) is 0 Å². The van der Waals surface area contributed by atoms with Gasteiger partial charge in [-0.1, -0.05) is 30.3 Å². The molecule has 0 spiro atoms. The average Bonchev–Trinajstić information content (AvgIpc) is 3.00. The van der Waals surface area contributed by atoms with Crippen molar-refractivity contribution in [2.24, 2.45) is 0 Å². The molecule has 2 amide bonds. The van der Waals surface area contributed by atoms with E-state index in [1.54, 1.807) is 0 Å². The van der Waals surface area contributed by atoms with Crippen LogP contribution in [0, 0.1) is 0 Å². The van der Waals surface area contributed by atoms with Crippen LogP contribution in [-0.2, 0) is 16.0 Å². The number of rotatable bonds is 5. The number of carbonyl (C=O) groups excluding carboxylic acids is 2. The highest BCUT2D eigenvalue weighted by Gasteiger charge is 2.31. The van der Waals surface area contributed by atoms with Gasteiger partial charge in [0.15, 0.2) is 0 Å². The van der Waals surface area contributed by atoms with E-state index in [2.05, 4.69) is 5.32 Å². The summed E-state index contributed by atoms with van der Waals surface area (Å²) in [5.41, 5.74) is 1.22. The van der Waals surface area contributed by atoms with Crippen molar-refractivity contribution in [2.45, 2.75) is 31.7 Å². The number of likely N-dealkylation sites (tertiary alicyclic amines) is 1. The standard InChI is InChI=1S/C16H22N2O3/c19-12-14-9-5-11-18(14)16(21)15(20)17-10-4-8-13-6-2-1-3-7-13/h1-3,6-7,14,19H,4-5,8-12H2,(H,17,20)/t14-/m1/s1. The monoisotopic (exact) mass is 290 g/mol. The summed E-state index contributed by atoms with van der Waals surface area (Å²) in [6.07, 6.45) is 3.28. The van der Waals surface area contributed by atoms with Crippen molar-refractivity contribution < 1.29 is 14.7 Å². The normalized spacial score (nSPS) is 17.8. The van der Waals surface area contributed by atoms with Crippen molar-refractivity contribution >= 4 is 11.8 Å². The number of hydrogen-bond acceptors (Lipinski definition) is 3. The first-order valence-electron chi connectivity index (χ1n) is 7.46. The van der Waals surface area contributed by atoms with E-state index >= 15 is 0 Å². The van der Waals surface area contributed by atoms with E-state index in [4.69, 9.17) is 0 Å². The van der Waals surface area contributed by atoms with Gasteiger partial charge in [0.05, 0.1) is 12.6 Å². The summed E-state index contributed by atoms with van der Waals surface area (Å²) in [6.45, 7) is 0.964. The minimum absolute atomic E-state index is 0.0764. The van der Waals surface area contributed by atoms with Gasteiger partial charge in [-0.3, -0.25) is 9.59 Å². The van der Waals surface area contributed by atoms with Gasteiger partial charge in [0.2, 0.25) is 0 Å². The number of hydrogen-bond donors (Lipinski definition) is 2. The zero-order chi connectivity index (χ0) is 15.1. The second-order valence-electron chi connectivity index (χ2n) is 5.32. The second kappa shape index (κ2) is 7.78. The van der Waals surface area contributed by atoms with E-state index in [1.807, 2.05) is 30.3 Å². The molecule has 0 radical (unpaired) electrons. The number of aryl methyl sites for hydroxylation is 1. The Kier molecular flexibility index (Phi) is 5.75. The molecule has 5 heteroatoms. The third kappa shape index (κ3) is 4.29. The zero-order valence-corrected chi connectivity index (χ0v) is 12.1. The Morgan fingerprint density at radius 1 is 1.29 bits per heavy atom. The van der Waals surface area contributed by atoms with Crippen LogP contribution < -0.4 is 5.32 Å². The number of nitrogens with one attached hydrogen (secondary N) is 1. The van der Waals surface area contributed by atoms with Gasteiger partial charge in [0.1, 0.15) is 0 Å². The van der Waals surface area contributed by atoms with Crippen LogP contribution in [-0.4, -0.2) is 47.6 Å². The predicted molar refractivity (Wildman–Crippen MR) is 79.6 cm³/mol. The van der Waals surface area contributed by atoms with Gasteiger partial charge in [-0.15, -0.1) is 0 Å². The van der Waals surface area contributed by atoms with Crippen LogP contribution in [0.15, 0.2) is 30.3 Å². The van der Waals surface area contributed by atoms with Crippen LogP contribution in [0.5, 0.6) is 0 Å². The van der Waals surface area contributed by atoms with Crippen molar-refractivity contribution in [1.82, 2.24) is 10.2 Å². The van der Waals surface area contributed by atoms with Crippen LogP contribution in [0.3, 0.4) is 0 Å². The third-order valence-corrected chi connectivity index (χ3v) is 3.81. The highest BCUT2D eigenvalue weighted by Crippen LogP contribution is 2.16. The molecular formula is C16H22N2O3. The van der Waals surface area contributed by atoms with E-state index in [9.17, 15) is 14.7 Å². The van der Waals surface area contributed by atoms with Crippen molar-refractivity contribution in [3.05, 3.63) is 35.9 Å². The van der Waals surface area contributed by atoms with Crippen LogP contribution >= 0.6 is 0 Å². The highest BCUT2D eigenvalue weighted by atomic mass is 16.3. The summed E-state index contributed by atoms with van der Waals surface area (Å²) in [7, 11) is 0. The summed E-state index contributed by atoms with van der Waals surface area (Å²) in [4.78, 5) is 25.3. The molecule has 0 saturated carbocycles. The summed E-state index contributed by atoms with van der Waals surface area (Å²) >= 11 is 0. The number of benzene rings is 1. The summed E-state index contributed by atoms with van der Waals surface area (Å²) in [5, 5.41) is 11.8. The lowest BCUT2D eigenvalue weighted by Gasteiger charge is -2.22. The molecule has 1 aromatic rings. The number of nitrogens with zero attached hydrogens (tertiary/aromatic N) is 1. The first kappa shape index (κ1) is 15.5. The third-order valence-electron chi connectivity index (χ3n) is 3.81. The number of amides is 2. The molecule has 1 saturated heterocycles. The lowest BCUT2D eigenvalue weighted by Crippen LogP contribution is -2.46. The Morgan fingerprint density at radius 3 is 2.76 bits per heavy atom. The van der Waals surface area contributed by atoms with Gasteiger partial charge < -0.3 is 15.3 Å². The van der Waals surface area contributed by atoms with Gasteiger partial charge >= 0.3 is 11.8 Å². The lowest BCUT2D eigenvalue weighted by atomic mass is 10.1. The molecule has 1 aliphatic heterocycles. The van der Waals surface area contributed by atoms with Crippen molar-refractivity contribution in [2.75, 3.05) is 19.7 Å². The van der Waals surface area contributed by atoms with E-state index < -0.39 is 11.8 Å². The van der Waals surface area contributed by atoms with Gasteiger partial charge in [0, 0.05) is 13.1 Å². The maximum atomic E-state index is 12.0. The summed E-state index contributed by atoms with van der Waals surface area (Å²) in [6, 6.07) is 9.83. The quantitative estimate of drug-likeness (QED) is 0.620. The molecule has 0 bridgehead atoms. The predicted octanol–water partition coefficient (Wildman–Crippen LogP) is 0.719. The zero-order valence-electron chi connectivity index (χ0n) is 12.1. The van der Waals surface area contributed by atoms with E-state index in [-0.39, 0.29) is 12.6 Å². The fourth-order valence-electron chi connectivity index (χ4n) is 2.64. The summed E-state index contributed by atoms with van der Waals surface area (Å²) < 4.78 is 0. The molecule has 1 aliphatic rings.